The van der Waals surface area contributed by atoms with Crippen molar-refractivity contribution in [3.05, 3.63) is 67.6 Å². The summed E-state index contributed by atoms with van der Waals surface area (Å²) >= 11 is 11.7. The highest BCUT2D eigenvalue weighted by Crippen LogP contribution is 2.31. The van der Waals surface area contributed by atoms with Crippen LogP contribution < -0.4 is 11.3 Å². The van der Waals surface area contributed by atoms with Crippen molar-refractivity contribution in [2.45, 2.75) is 18.8 Å². The van der Waals surface area contributed by atoms with Crippen molar-refractivity contribution in [1.82, 2.24) is 4.57 Å². The van der Waals surface area contributed by atoms with Gasteiger partial charge in [0.2, 0.25) is 0 Å². The van der Waals surface area contributed by atoms with Gasteiger partial charge in [-0.1, -0.05) is 23.2 Å². The molecule has 134 valence electrons. The molecule has 5 nitrogen and oxygen atoms in total. The summed E-state index contributed by atoms with van der Waals surface area (Å²) in [7, 11) is 0. The molecule has 3 N–H and O–H groups in total. The SMILES string of the molecule is NC(=O)c1ccc(C(F)(F)F)n(C[C@@H](O)c2cc(Cl)ccc2Cl)c1=O. The number of amides is 1. The van der Waals surface area contributed by atoms with Crippen molar-refractivity contribution in [3.63, 3.8) is 0 Å². The number of nitrogens with zero attached hydrogens (tertiary/aromatic N) is 1. The van der Waals surface area contributed by atoms with E-state index >= 15 is 0 Å². The minimum Gasteiger partial charge on any atom is -0.386 e. The maximum atomic E-state index is 13.2. The first-order chi connectivity index (χ1) is 11.5. The lowest BCUT2D eigenvalue weighted by Gasteiger charge is -2.20. The Hall–Kier alpha value is -2.03. The zero-order chi connectivity index (χ0) is 18.9. The van der Waals surface area contributed by atoms with Crippen LogP contribution in [0.3, 0.4) is 0 Å². The molecule has 0 aliphatic rings. The number of nitrogens with two attached hydrogens (primary N) is 1. The summed E-state index contributed by atoms with van der Waals surface area (Å²) in [4.78, 5) is 23.4. The number of rotatable bonds is 4. The molecule has 1 atom stereocenters. The van der Waals surface area contributed by atoms with Gasteiger partial charge >= 0.3 is 6.18 Å². The normalized spacial score (nSPS) is 12.9. The third-order valence-electron chi connectivity index (χ3n) is 3.40. The fraction of sp³-hybridized carbons (Fsp3) is 0.200. The molecule has 1 aromatic carbocycles. The average molecular weight is 395 g/mol. The third kappa shape index (κ3) is 4.15. The van der Waals surface area contributed by atoms with E-state index in [9.17, 15) is 27.9 Å². The number of primary amides is 1. The minimum atomic E-state index is -4.88. The van der Waals surface area contributed by atoms with Crippen LogP contribution in [0.1, 0.15) is 27.7 Å². The van der Waals surface area contributed by atoms with Crippen molar-refractivity contribution in [2.24, 2.45) is 5.73 Å². The van der Waals surface area contributed by atoms with E-state index in [0.717, 1.165) is 0 Å². The summed E-state index contributed by atoms with van der Waals surface area (Å²) < 4.78 is 39.7. The van der Waals surface area contributed by atoms with Crippen molar-refractivity contribution >= 4 is 29.1 Å². The lowest BCUT2D eigenvalue weighted by Crippen LogP contribution is -2.35. The van der Waals surface area contributed by atoms with Crippen LogP contribution in [0.15, 0.2) is 35.1 Å². The summed E-state index contributed by atoms with van der Waals surface area (Å²) in [5.74, 6) is -1.18. The highest BCUT2D eigenvalue weighted by Gasteiger charge is 2.35. The highest BCUT2D eigenvalue weighted by molar-refractivity contribution is 6.33. The molecule has 0 saturated carbocycles. The number of aliphatic hydroxyl groups is 1. The van der Waals surface area contributed by atoms with E-state index in [1.165, 1.54) is 18.2 Å². The average Bonchev–Trinajstić information content (AvgIpc) is 2.49. The first-order valence-corrected chi connectivity index (χ1v) is 7.52. The number of aromatic nitrogens is 1. The molecule has 0 bridgehead atoms. The van der Waals surface area contributed by atoms with Crippen LogP contribution in [-0.2, 0) is 12.7 Å². The molecule has 0 fully saturated rings. The maximum Gasteiger partial charge on any atom is 0.431 e. The van der Waals surface area contributed by atoms with Crippen LogP contribution in [0.25, 0.3) is 0 Å². The van der Waals surface area contributed by atoms with Gasteiger partial charge in [0.25, 0.3) is 11.5 Å². The van der Waals surface area contributed by atoms with E-state index < -0.39 is 41.5 Å². The molecule has 10 heteroatoms. The molecule has 0 saturated heterocycles. The molecular formula is C15H11Cl2F3N2O3. The zero-order valence-electron chi connectivity index (χ0n) is 12.3. The van der Waals surface area contributed by atoms with Crippen molar-refractivity contribution < 1.29 is 23.1 Å². The quantitative estimate of drug-likeness (QED) is 0.835. The van der Waals surface area contributed by atoms with Gasteiger partial charge in [-0.05, 0) is 30.3 Å². The van der Waals surface area contributed by atoms with E-state index in [0.29, 0.717) is 12.1 Å². The van der Waals surface area contributed by atoms with Crippen molar-refractivity contribution in [3.8, 4) is 0 Å². The molecule has 1 heterocycles. The summed E-state index contributed by atoms with van der Waals surface area (Å²) in [6.45, 7) is -0.797. The molecule has 2 rings (SSSR count). The molecule has 0 radical (unpaired) electrons. The van der Waals surface area contributed by atoms with Gasteiger partial charge in [0.15, 0.2) is 0 Å². The van der Waals surface area contributed by atoms with Crippen molar-refractivity contribution in [1.29, 1.82) is 0 Å². The van der Waals surface area contributed by atoms with E-state index in [1.807, 2.05) is 0 Å². The topological polar surface area (TPSA) is 85.3 Å². The fourth-order valence-corrected chi connectivity index (χ4v) is 2.66. The number of carbonyl (C=O) groups is 1. The fourth-order valence-electron chi connectivity index (χ4n) is 2.24. The van der Waals surface area contributed by atoms with E-state index in [1.54, 1.807) is 0 Å². The summed E-state index contributed by atoms with van der Waals surface area (Å²) in [5, 5.41) is 10.5. The number of alkyl halides is 3. The van der Waals surface area contributed by atoms with Gasteiger partial charge in [-0.2, -0.15) is 13.2 Å². The summed E-state index contributed by atoms with van der Waals surface area (Å²) in [6.07, 6.45) is -6.46. The summed E-state index contributed by atoms with van der Waals surface area (Å²) in [5.41, 5.74) is 1.81. The molecule has 2 aromatic rings. The van der Waals surface area contributed by atoms with Crippen LogP contribution in [0.5, 0.6) is 0 Å². The Morgan fingerprint density at radius 2 is 1.88 bits per heavy atom. The van der Waals surface area contributed by atoms with Gasteiger partial charge in [-0.3, -0.25) is 9.59 Å². The van der Waals surface area contributed by atoms with E-state index in [-0.39, 0.29) is 20.2 Å². The zero-order valence-corrected chi connectivity index (χ0v) is 13.9. The van der Waals surface area contributed by atoms with Crippen LogP contribution in [-0.4, -0.2) is 15.6 Å². The Balaban J connectivity index is 2.57. The van der Waals surface area contributed by atoms with E-state index in [2.05, 4.69) is 0 Å². The van der Waals surface area contributed by atoms with E-state index in [4.69, 9.17) is 28.9 Å². The number of aliphatic hydroxyl groups excluding tert-OH is 1. The van der Waals surface area contributed by atoms with Crippen LogP contribution in [0, 0.1) is 0 Å². The lowest BCUT2D eigenvalue weighted by molar-refractivity contribution is -0.144. The number of hydrogen-bond donors (Lipinski definition) is 2. The first-order valence-electron chi connectivity index (χ1n) is 6.76. The number of carbonyl (C=O) groups excluding carboxylic acids is 1. The molecule has 1 amide bonds. The summed E-state index contributed by atoms with van der Waals surface area (Å²) in [6, 6.07) is 5.30. The van der Waals surface area contributed by atoms with Gasteiger partial charge in [0.05, 0.1) is 12.6 Å². The Morgan fingerprint density at radius 1 is 1.24 bits per heavy atom. The van der Waals surface area contributed by atoms with Crippen LogP contribution in [0.4, 0.5) is 13.2 Å². The molecule has 25 heavy (non-hydrogen) atoms. The predicted molar refractivity (Wildman–Crippen MR) is 85.6 cm³/mol. The molecule has 0 aliphatic heterocycles. The minimum absolute atomic E-state index is 0.0404. The predicted octanol–water partition coefficient (Wildman–Crippen LogP) is 3.01. The highest BCUT2D eigenvalue weighted by atomic mass is 35.5. The Morgan fingerprint density at radius 3 is 2.44 bits per heavy atom. The Bertz CT molecular complexity index is 881. The number of pyridine rings is 1. The molecule has 0 spiro atoms. The second-order valence-corrected chi connectivity index (χ2v) is 5.94. The lowest BCUT2D eigenvalue weighted by atomic mass is 10.1. The Kier molecular flexibility index (Phi) is 5.46. The Labute approximate surface area is 149 Å². The molecule has 0 unspecified atom stereocenters. The van der Waals surface area contributed by atoms with Crippen LogP contribution in [0.2, 0.25) is 10.0 Å². The van der Waals surface area contributed by atoms with Crippen molar-refractivity contribution in [2.75, 3.05) is 0 Å². The second-order valence-electron chi connectivity index (χ2n) is 5.09. The third-order valence-corrected chi connectivity index (χ3v) is 3.98. The van der Waals surface area contributed by atoms with Gasteiger partial charge in [0, 0.05) is 15.6 Å². The van der Waals surface area contributed by atoms with Gasteiger partial charge in [0.1, 0.15) is 11.3 Å². The maximum absolute atomic E-state index is 13.2. The second kappa shape index (κ2) is 7.07. The smallest absolute Gasteiger partial charge is 0.386 e. The number of benzene rings is 1. The van der Waals surface area contributed by atoms with Crippen LogP contribution >= 0.6 is 23.2 Å². The molecule has 0 aliphatic carbocycles. The first kappa shape index (κ1) is 19.3. The van der Waals surface area contributed by atoms with Gasteiger partial charge in [-0.15, -0.1) is 0 Å². The monoisotopic (exact) mass is 394 g/mol. The largest absolute Gasteiger partial charge is 0.431 e. The van der Waals surface area contributed by atoms with Gasteiger partial charge in [-0.25, -0.2) is 0 Å². The number of hydrogen-bond acceptors (Lipinski definition) is 3. The number of halogens is 5. The van der Waals surface area contributed by atoms with Gasteiger partial charge < -0.3 is 15.4 Å². The molecular weight excluding hydrogens is 384 g/mol. The molecule has 1 aromatic heterocycles. The standard InChI is InChI=1S/C15H11Cl2F3N2O3/c16-7-1-3-10(17)9(5-7)11(23)6-22-12(15(18,19)20)4-2-8(13(21)24)14(22)25/h1-5,11,23H,6H2,(H2,21,24)/t11-/m1/s1.